The van der Waals surface area contributed by atoms with Gasteiger partial charge >= 0.3 is 5.91 Å². The minimum absolute atomic E-state index is 0.0302. The van der Waals surface area contributed by atoms with Crippen LogP contribution < -0.4 is 10.2 Å². The number of ether oxygens (including phenoxy) is 1. The second-order valence-electron chi connectivity index (χ2n) is 5.26. The van der Waals surface area contributed by atoms with E-state index in [0.29, 0.717) is 17.9 Å². The van der Waals surface area contributed by atoms with Crippen molar-refractivity contribution in [1.29, 1.82) is 0 Å². The molecule has 0 unspecified atom stereocenters. The number of amides is 1. The highest BCUT2D eigenvalue weighted by molar-refractivity contribution is 7.89. The Balaban J connectivity index is 1.85. The van der Waals surface area contributed by atoms with Crippen molar-refractivity contribution in [3.8, 4) is 5.75 Å². The summed E-state index contributed by atoms with van der Waals surface area (Å²) in [5.74, 6) is 0.151. The molecule has 0 saturated carbocycles. The quantitative estimate of drug-likeness (QED) is 0.631. The van der Waals surface area contributed by atoms with Crippen molar-refractivity contribution in [2.75, 3.05) is 13.7 Å². The summed E-state index contributed by atoms with van der Waals surface area (Å²) < 4.78 is 37.1. The second kappa shape index (κ2) is 6.27. The molecule has 24 heavy (non-hydrogen) atoms. The number of fused-ring (bicyclic) bond motifs is 1. The molecule has 1 amide bonds. The Kier molecular flexibility index (Phi) is 4.31. The van der Waals surface area contributed by atoms with Crippen LogP contribution >= 0.6 is 0 Å². The summed E-state index contributed by atoms with van der Waals surface area (Å²) >= 11 is 0. The molecule has 9 heteroatoms. The molecule has 2 aromatic rings. The summed E-state index contributed by atoms with van der Waals surface area (Å²) in [6.07, 6.45) is 0.424. The number of nitrogens with one attached hydrogen (secondary N) is 1. The molecule has 0 atom stereocenters. The lowest BCUT2D eigenvalue weighted by Crippen LogP contribution is -2.35. The van der Waals surface area contributed by atoms with Gasteiger partial charge in [0.15, 0.2) is 5.76 Å². The molecular weight excluding hydrogens is 336 g/mol. The smallest absolute Gasteiger partial charge is 0.310 e. The van der Waals surface area contributed by atoms with Gasteiger partial charge in [0.05, 0.1) is 18.6 Å². The number of hydrogen-bond donors (Lipinski definition) is 2. The zero-order chi connectivity index (χ0) is 17.3. The van der Waals surface area contributed by atoms with Gasteiger partial charge in [-0.2, -0.15) is 4.31 Å². The molecule has 0 radical (unpaired) electrons. The van der Waals surface area contributed by atoms with Gasteiger partial charge in [0.2, 0.25) is 10.0 Å². The zero-order valence-corrected chi connectivity index (χ0v) is 13.7. The summed E-state index contributed by atoms with van der Waals surface area (Å²) in [5.41, 5.74) is 2.25. The standard InChI is InChI=1S/C15H16N2O6S/c1-22-11-2-4-12(5-3-11)24(20,21)17-7-6-10-8-13(15(18)16-19)23-14(10)9-17/h2-5,8,19H,6-7,9H2,1H3,(H,16,18). The highest BCUT2D eigenvalue weighted by Gasteiger charge is 2.31. The van der Waals surface area contributed by atoms with E-state index in [-0.39, 0.29) is 23.7 Å². The number of hydroxylamine groups is 1. The normalized spacial score (nSPS) is 14.9. The predicted molar refractivity (Wildman–Crippen MR) is 82.3 cm³/mol. The van der Waals surface area contributed by atoms with E-state index in [1.165, 1.54) is 35.1 Å². The van der Waals surface area contributed by atoms with Gasteiger partial charge in [0.1, 0.15) is 11.5 Å². The molecule has 3 rings (SSSR count). The third-order valence-electron chi connectivity index (χ3n) is 3.87. The van der Waals surface area contributed by atoms with Crippen LogP contribution in [-0.4, -0.2) is 37.5 Å². The first-order chi connectivity index (χ1) is 11.5. The van der Waals surface area contributed by atoms with Gasteiger partial charge in [-0.25, -0.2) is 13.9 Å². The third kappa shape index (κ3) is 2.88. The van der Waals surface area contributed by atoms with E-state index in [1.807, 2.05) is 0 Å². The average molecular weight is 352 g/mol. The summed E-state index contributed by atoms with van der Waals surface area (Å²) in [6, 6.07) is 7.64. The summed E-state index contributed by atoms with van der Waals surface area (Å²) in [5, 5.41) is 8.65. The van der Waals surface area contributed by atoms with E-state index >= 15 is 0 Å². The van der Waals surface area contributed by atoms with Crippen LogP contribution in [0.4, 0.5) is 0 Å². The maximum Gasteiger partial charge on any atom is 0.310 e. The maximum atomic E-state index is 12.7. The molecule has 2 heterocycles. The van der Waals surface area contributed by atoms with Gasteiger partial charge in [-0.15, -0.1) is 0 Å². The number of furan rings is 1. The zero-order valence-electron chi connectivity index (χ0n) is 12.9. The van der Waals surface area contributed by atoms with Gasteiger partial charge in [0.25, 0.3) is 0 Å². The van der Waals surface area contributed by atoms with Crippen molar-refractivity contribution in [1.82, 2.24) is 9.79 Å². The Bertz CT molecular complexity index is 857. The molecule has 0 bridgehead atoms. The first kappa shape index (κ1) is 16.5. The van der Waals surface area contributed by atoms with Gasteiger partial charge < -0.3 is 9.15 Å². The Morgan fingerprint density at radius 3 is 2.67 bits per heavy atom. The van der Waals surface area contributed by atoms with Gasteiger partial charge in [-0.3, -0.25) is 10.0 Å². The number of methoxy groups -OCH3 is 1. The van der Waals surface area contributed by atoms with E-state index in [0.717, 1.165) is 5.56 Å². The van der Waals surface area contributed by atoms with Crippen LogP contribution in [0, 0.1) is 0 Å². The van der Waals surface area contributed by atoms with E-state index in [2.05, 4.69) is 0 Å². The molecule has 0 fully saturated rings. The molecule has 128 valence electrons. The van der Waals surface area contributed by atoms with Crippen molar-refractivity contribution in [2.24, 2.45) is 0 Å². The van der Waals surface area contributed by atoms with E-state index in [1.54, 1.807) is 12.1 Å². The van der Waals surface area contributed by atoms with E-state index in [4.69, 9.17) is 14.4 Å². The second-order valence-corrected chi connectivity index (χ2v) is 7.20. The van der Waals surface area contributed by atoms with Crippen molar-refractivity contribution >= 4 is 15.9 Å². The lowest BCUT2D eigenvalue weighted by atomic mass is 10.1. The maximum absolute atomic E-state index is 12.7. The van der Waals surface area contributed by atoms with Crippen molar-refractivity contribution in [3.63, 3.8) is 0 Å². The number of carbonyl (C=O) groups excluding carboxylic acids is 1. The third-order valence-corrected chi connectivity index (χ3v) is 5.73. The molecule has 0 aliphatic carbocycles. The number of sulfonamides is 1. The fraction of sp³-hybridized carbons (Fsp3) is 0.267. The van der Waals surface area contributed by atoms with Crippen LogP contribution in [0.2, 0.25) is 0 Å². The van der Waals surface area contributed by atoms with E-state index in [9.17, 15) is 13.2 Å². The van der Waals surface area contributed by atoms with Crippen LogP contribution in [0.1, 0.15) is 21.9 Å². The number of carbonyl (C=O) groups is 1. The number of nitrogens with zero attached hydrogens (tertiary/aromatic N) is 1. The van der Waals surface area contributed by atoms with Gasteiger partial charge in [-0.05, 0) is 42.3 Å². The van der Waals surface area contributed by atoms with Crippen molar-refractivity contribution in [3.05, 3.63) is 47.4 Å². The summed E-state index contributed by atoms with van der Waals surface area (Å²) in [4.78, 5) is 11.6. The number of hydrogen-bond acceptors (Lipinski definition) is 6. The number of benzene rings is 1. The highest BCUT2D eigenvalue weighted by atomic mass is 32.2. The minimum atomic E-state index is -3.68. The Morgan fingerprint density at radius 2 is 2.04 bits per heavy atom. The highest BCUT2D eigenvalue weighted by Crippen LogP contribution is 2.28. The first-order valence-electron chi connectivity index (χ1n) is 7.16. The largest absolute Gasteiger partial charge is 0.497 e. The Labute approximate surface area is 138 Å². The topological polar surface area (TPSA) is 109 Å². The average Bonchev–Trinajstić information content (AvgIpc) is 3.04. The monoisotopic (exact) mass is 352 g/mol. The molecule has 1 aliphatic heterocycles. The minimum Gasteiger partial charge on any atom is -0.497 e. The fourth-order valence-electron chi connectivity index (χ4n) is 2.57. The molecule has 0 saturated heterocycles. The molecule has 1 aromatic carbocycles. The van der Waals surface area contributed by atoms with Crippen LogP contribution in [-0.2, 0) is 23.0 Å². The van der Waals surface area contributed by atoms with Crippen LogP contribution in [0.25, 0.3) is 0 Å². The first-order valence-corrected chi connectivity index (χ1v) is 8.60. The Hall–Kier alpha value is -2.36. The molecule has 8 nitrogen and oxygen atoms in total. The van der Waals surface area contributed by atoms with Crippen molar-refractivity contribution < 1.29 is 27.6 Å². The SMILES string of the molecule is COc1ccc(S(=O)(=O)N2CCc3cc(C(=O)NO)oc3C2)cc1. The molecule has 0 spiro atoms. The molecule has 1 aromatic heterocycles. The molecule has 1 aliphatic rings. The lowest BCUT2D eigenvalue weighted by molar-refractivity contribution is 0.0673. The van der Waals surface area contributed by atoms with Crippen molar-refractivity contribution in [2.45, 2.75) is 17.9 Å². The van der Waals surface area contributed by atoms with E-state index < -0.39 is 15.9 Å². The van der Waals surface area contributed by atoms with Crippen LogP contribution in [0.15, 0.2) is 39.6 Å². The summed E-state index contributed by atoms with van der Waals surface area (Å²) in [6.45, 7) is 0.309. The summed E-state index contributed by atoms with van der Waals surface area (Å²) in [7, 11) is -2.17. The Morgan fingerprint density at radius 1 is 1.33 bits per heavy atom. The van der Waals surface area contributed by atoms with Gasteiger partial charge in [-0.1, -0.05) is 0 Å². The molecular formula is C15H16N2O6S. The number of rotatable bonds is 4. The van der Waals surface area contributed by atoms with Crippen LogP contribution in [0.3, 0.4) is 0 Å². The molecule has 2 N–H and O–H groups in total. The van der Waals surface area contributed by atoms with Gasteiger partial charge in [0, 0.05) is 6.54 Å². The lowest BCUT2D eigenvalue weighted by Gasteiger charge is -2.25. The predicted octanol–water partition coefficient (Wildman–Crippen LogP) is 1.15. The van der Waals surface area contributed by atoms with Crippen LogP contribution in [0.5, 0.6) is 5.75 Å². The fourth-order valence-corrected chi connectivity index (χ4v) is 3.96.